The first-order valence-corrected chi connectivity index (χ1v) is 6.45. The summed E-state index contributed by atoms with van der Waals surface area (Å²) < 4.78 is 5.18. The number of nitrogens with two attached hydrogens (primary N) is 1. The highest BCUT2D eigenvalue weighted by Crippen LogP contribution is 2.40. The number of halogens is 1. The lowest BCUT2D eigenvalue weighted by molar-refractivity contribution is 0.0873. The van der Waals surface area contributed by atoms with Crippen LogP contribution in [0.1, 0.15) is 55.8 Å². The van der Waals surface area contributed by atoms with Gasteiger partial charge in [-0.25, -0.2) is 0 Å². The number of nitrogens with one attached hydrogen (secondary N) is 1. The molecule has 0 bridgehead atoms. The molecule has 1 aliphatic carbocycles. The van der Waals surface area contributed by atoms with Crippen LogP contribution in [0.4, 0.5) is 0 Å². The summed E-state index contributed by atoms with van der Waals surface area (Å²) in [5.41, 5.74) is 5.66. The standard InChI is InChI=1S/C13H21N3O2.ClH/c1-8(2)13(3,7-14)15-12(17)10-6-11(18-16-10)9-4-5-9;/h6,8-9H,4-5,7,14H2,1-3H3,(H,15,17);1H. The summed E-state index contributed by atoms with van der Waals surface area (Å²) in [6.07, 6.45) is 2.26. The first-order valence-electron chi connectivity index (χ1n) is 6.45. The van der Waals surface area contributed by atoms with E-state index in [0.29, 0.717) is 18.2 Å². The molecule has 0 aliphatic heterocycles. The van der Waals surface area contributed by atoms with Crippen LogP contribution in [0.5, 0.6) is 0 Å². The van der Waals surface area contributed by atoms with Crippen LogP contribution in [0, 0.1) is 5.92 Å². The summed E-state index contributed by atoms with van der Waals surface area (Å²) in [4.78, 5) is 12.1. The molecule has 1 fully saturated rings. The minimum atomic E-state index is -0.421. The van der Waals surface area contributed by atoms with Gasteiger partial charge in [-0.1, -0.05) is 19.0 Å². The van der Waals surface area contributed by atoms with E-state index in [1.54, 1.807) is 6.07 Å². The second-order valence-electron chi connectivity index (χ2n) is 5.62. The molecule has 1 amide bonds. The van der Waals surface area contributed by atoms with Crippen molar-refractivity contribution in [1.29, 1.82) is 0 Å². The second-order valence-corrected chi connectivity index (χ2v) is 5.62. The smallest absolute Gasteiger partial charge is 0.273 e. The van der Waals surface area contributed by atoms with Gasteiger partial charge in [-0.3, -0.25) is 4.79 Å². The zero-order chi connectivity index (χ0) is 13.3. The lowest BCUT2D eigenvalue weighted by Gasteiger charge is -2.33. The third-order valence-corrected chi connectivity index (χ3v) is 3.84. The van der Waals surface area contributed by atoms with E-state index in [2.05, 4.69) is 10.5 Å². The minimum Gasteiger partial charge on any atom is -0.360 e. The van der Waals surface area contributed by atoms with Gasteiger partial charge in [-0.15, -0.1) is 12.4 Å². The third-order valence-electron chi connectivity index (χ3n) is 3.84. The van der Waals surface area contributed by atoms with Gasteiger partial charge in [0.25, 0.3) is 5.91 Å². The Hall–Kier alpha value is -1.07. The average Bonchev–Trinajstić information content (AvgIpc) is 3.06. The van der Waals surface area contributed by atoms with E-state index in [-0.39, 0.29) is 24.2 Å². The molecule has 1 aromatic heterocycles. The van der Waals surface area contributed by atoms with Gasteiger partial charge in [0, 0.05) is 18.5 Å². The summed E-state index contributed by atoms with van der Waals surface area (Å²) in [5.74, 6) is 1.32. The molecule has 0 radical (unpaired) electrons. The molecule has 0 spiro atoms. The Kier molecular flexibility index (Phi) is 4.98. The van der Waals surface area contributed by atoms with Crippen LogP contribution < -0.4 is 11.1 Å². The highest BCUT2D eigenvalue weighted by molar-refractivity contribution is 5.92. The zero-order valence-corrected chi connectivity index (χ0v) is 12.4. The Balaban J connectivity index is 0.00000180. The Labute approximate surface area is 119 Å². The molecule has 3 N–H and O–H groups in total. The van der Waals surface area contributed by atoms with Crippen molar-refractivity contribution in [2.45, 2.75) is 45.1 Å². The van der Waals surface area contributed by atoms with Crippen molar-refractivity contribution < 1.29 is 9.32 Å². The van der Waals surface area contributed by atoms with Crippen molar-refractivity contribution in [3.63, 3.8) is 0 Å². The molecule has 6 heteroatoms. The average molecular weight is 288 g/mol. The fourth-order valence-electron chi connectivity index (χ4n) is 1.71. The summed E-state index contributed by atoms with van der Waals surface area (Å²) >= 11 is 0. The van der Waals surface area contributed by atoms with E-state index < -0.39 is 5.54 Å². The van der Waals surface area contributed by atoms with Crippen molar-refractivity contribution in [1.82, 2.24) is 10.5 Å². The second kappa shape index (κ2) is 5.92. The number of hydrogen-bond donors (Lipinski definition) is 2. The SMILES string of the molecule is CC(C)C(C)(CN)NC(=O)c1cc(C2CC2)on1.Cl. The molecule has 1 unspecified atom stereocenters. The molecule has 19 heavy (non-hydrogen) atoms. The number of rotatable bonds is 5. The highest BCUT2D eigenvalue weighted by atomic mass is 35.5. The van der Waals surface area contributed by atoms with Gasteiger partial charge >= 0.3 is 0 Å². The first kappa shape index (κ1) is 16.0. The van der Waals surface area contributed by atoms with Crippen LogP contribution in [-0.4, -0.2) is 23.1 Å². The summed E-state index contributed by atoms with van der Waals surface area (Å²) in [6.45, 7) is 6.40. The minimum absolute atomic E-state index is 0. The van der Waals surface area contributed by atoms with E-state index in [1.807, 2.05) is 20.8 Å². The third kappa shape index (κ3) is 3.48. The normalized spacial score (nSPS) is 17.7. The first-order chi connectivity index (χ1) is 8.46. The number of carbonyl (C=O) groups excluding carboxylic acids is 1. The molecule has 1 aromatic rings. The van der Waals surface area contributed by atoms with Gasteiger partial charge in [-0.05, 0) is 25.7 Å². The summed E-state index contributed by atoms with van der Waals surface area (Å²) in [6, 6.07) is 1.74. The van der Waals surface area contributed by atoms with Gasteiger partial charge in [-0.2, -0.15) is 0 Å². The Bertz CT molecular complexity index is 443. The number of nitrogens with zero attached hydrogens (tertiary/aromatic N) is 1. The Morgan fingerprint density at radius 2 is 2.26 bits per heavy atom. The summed E-state index contributed by atoms with van der Waals surface area (Å²) in [5, 5.41) is 6.77. The van der Waals surface area contributed by atoms with E-state index in [1.165, 1.54) is 0 Å². The van der Waals surface area contributed by atoms with Crippen LogP contribution in [0.2, 0.25) is 0 Å². The van der Waals surface area contributed by atoms with Crippen molar-refractivity contribution in [3.05, 3.63) is 17.5 Å². The lowest BCUT2D eigenvalue weighted by atomic mass is 9.88. The van der Waals surface area contributed by atoms with Crippen molar-refractivity contribution >= 4 is 18.3 Å². The molecule has 1 saturated carbocycles. The Morgan fingerprint density at radius 3 is 2.74 bits per heavy atom. The largest absolute Gasteiger partial charge is 0.360 e. The maximum Gasteiger partial charge on any atom is 0.273 e. The lowest BCUT2D eigenvalue weighted by Crippen LogP contribution is -2.55. The molecule has 0 saturated heterocycles. The fourth-order valence-corrected chi connectivity index (χ4v) is 1.71. The molecule has 108 valence electrons. The molecule has 5 nitrogen and oxygen atoms in total. The van der Waals surface area contributed by atoms with Gasteiger partial charge in [0.05, 0.1) is 5.54 Å². The highest BCUT2D eigenvalue weighted by Gasteiger charge is 2.32. The van der Waals surface area contributed by atoms with Crippen LogP contribution in [-0.2, 0) is 0 Å². The van der Waals surface area contributed by atoms with Crippen molar-refractivity contribution in [2.75, 3.05) is 6.54 Å². The maximum absolute atomic E-state index is 12.1. The molecular weight excluding hydrogens is 266 g/mol. The quantitative estimate of drug-likeness (QED) is 0.869. The topological polar surface area (TPSA) is 81.1 Å². The number of carbonyl (C=O) groups is 1. The predicted molar refractivity (Wildman–Crippen MR) is 75.5 cm³/mol. The fraction of sp³-hybridized carbons (Fsp3) is 0.692. The van der Waals surface area contributed by atoms with Crippen molar-refractivity contribution in [3.8, 4) is 0 Å². The monoisotopic (exact) mass is 287 g/mol. The molecule has 1 aliphatic rings. The van der Waals surface area contributed by atoms with E-state index in [0.717, 1.165) is 18.6 Å². The molecule has 1 heterocycles. The number of amides is 1. The number of hydrogen-bond acceptors (Lipinski definition) is 4. The van der Waals surface area contributed by atoms with E-state index in [9.17, 15) is 4.79 Å². The number of aromatic nitrogens is 1. The maximum atomic E-state index is 12.1. The molecule has 0 aromatic carbocycles. The van der Waals surface area contributed by atoms with Crippen LogP contribution in [0.25, 0.3) is 0 Å². The van der Waals surface area contributed by atoms with Crippen LogP contribution >= 0.6 is 12.4 Å². The zero-order valence-electron chi connectivity index (χ0n) is 11.6. The summed E-state index contributed by atoms with van der Waals surface area (Å²) in [7, 11) is 0. The molecule has 2 rings (SSSR count). The van der Waals surface area contributed by atoms with Gasteiger partial charge in [0.2, 0.25) is 0 Å². The molecular formula is C13H22ClN3O2. The predicted octanol–water partition coefficient (Wildman–Crippen LogP) is 2.08. The Morgan fingerprint density at radius 1 is 1.63 bits per heavy atom. The van der Waals surface area contributed by atoms with E-state index in [4.69, 9.17) is 10.3 Å². The van der Waals surface area contributed by atoms with Crippen LogP contribution in [0.15, 0.2) is 10.6 Å². The van der Waals surface area contributed by atoms with Crippen LogP contribution in [0.3, 0.4) is 0 Å². The van der Waals surface area contributed by atoms with Gasteiger partial charge < -0.3 is 15.6 Å². The van der Waals surface area contributed by atoms with Gasteiger partial charge in [0.1, 0.15) is 5.76 Å². The van der Waals surface area contributed by atoms with E-state index >= 15 is 0 Å². The van der Waals surface area contributed by atoms with Crippen molar-refractivity contribution in [2.24, 2.45) is 11.7 Å². The molecule has 1 atom stereocenters. The van der Waals surface area contributed by atoms with Gasteiger partial charge in [0.15, 0.2) is 5.69 Å².